The van der Waals surface area contributed by atoms with Gasteiger partial charge in [0.2, 0.25) is 0 Å². The summed E-state index contributed by atoms with van der Waals surface area (Å²) in [5.41, 5.74) is 6.41. The smallest absolute Gasteiger partial charge is 0.276 e. The number of aromatic nitrogens is 3. The van der Waals surface area contributed by atoms with E-state index in [0.29, 0.717) is 10.3 Å². The summed E-state index contributed by atoms with van der Waals surface area (Å²) < 4.78 is 2.02. The van der Waals surface area contributed by atoms with E-state index in [9.17, 15) is 9.59 Å². The molecule has 9 heteroatoms. The van der Waals surface area contributed by atoms with Crippen LogP contribution in [0.25, 0.3) is 20.4 Å². The summed E-state index contributed by atoms with van der Waals surface area (Å²) in [5.74, 6) is -0.844. The minimum Gasteiger partial charge on any atom is -0.296 e. The first-order valence-electron chi connectivity index (χ1n) is 10.6. The number of nitrogens with one attached hydrogen (secondary N) is 2. The van der Waals surface area contributed by atoms with Crippen LogP contribution >= 0.6 is 22.7 Å². The van der Waals surface area contributed by atoms with Crippen molar-refractivity contribution in [3.8, 4) is 0 Å². The molecule has 2 aromatic carbocycles. The summed E-state index contributed by atoms with van der Waals surface area (Å²) in [5, 5.41) is 6.59. The van der Waals surface area contributed by atoms with Crippen LogP contribution < -0.4 is 10.6 Å². The molecule has 3 heterocycles. The van der Waals surface area contributed by atoms with Gasteiger partial charge in [0.05, 0.1) is 20.4 Å². The molecule has 2 N–H and O–H groups in total. The molecule has 2 amide bonds. The van der Waals surface area contributed by atoms with Gasteiger partial charge in [-0.1, -0.05) is 40.9 Å². The molecule has 0 aliphatic rings. The van der Waals surface area contributed by atoms with Gasteiger partial charge in [0.15, 0.2) is 10.3 Å². The molecule has 0 fully saturated rings. The molecule has 34 heavy (non-hydrogen) atoms. The molecule has 0 saturated heterocycles. The van der Waals surface area contributed by atoms with Crippen molar-refractivity contribution < 1.29 is 9.59 Å². The lowest BCUT2D eigenvalue weighted by Crippen LogP contribution is -2.18. The summed E-state index contributed by atoms with van der Waals surface area (Å²) in [6.45, 7) is 8.05. The highest BCUT2D eigenvalue weighted by Crippen LogP contribution is 2.30. The summed E-state index contributed by atoms with van der Waals surface area (Å²) in [6.07, 6.45) is 0. The van der Waals surface area contributed by atoms with Crippen LogP contribution in [0.1, 0.15) is 43.2 Å². The van der Waals surface area contributed by atoms with Crippen molar-refractivity contribution in [2.75, 3.05) is 10.6 Å². The average Bonchev–Trinajstić information content (AvgIpc) is 3.37. The van der Waals surface area contributed by atoms with Gasteiger partial charge >= 0.3 is 0 Å². The van der Waals surface area contributed by atoms with Gasteiger partial charge in [-0.25, -0.2) is 15.0 Å². The van der Waals surface area contributed by atoms with Gasteiger partial charge in [-0.05, 0) is 74.2 Å². The van der Waals surface area contributed by atoms with Crippen LogP contribution in [0, 0.1) is 27.7 Å². The maximum absolute atomic E-state index is 12.8. The number of anilines is 2. The van der Waals surface area contributed by atoms with Crippen LogP contribution in [-0.2, 0) is 0 Å². The molecule has 7 nitrogen and oxygen atoms in total. The molecule has 0 radical (unpaired) electrons. The van der Waals surface area contributed by atoms with Gasteiger partial charge in [-0.15, -0.1) is 0 Å². The molecule has 0 aliphatic carbocycles. The highest BCUT2D eigenvalue weighted by atomic mass is 32.1. The Bertz CT molecular complexity index is 1490. The van der Waals surface area contributed by atoms with Gasteiger partial charge in [0.1, 0.15) is 11.4 Å². The fourth-order valence-corrected chi connectivity index (χ4v) is 5.93. The Labute approximate surface area is 203 Å². The molecule has 5 rings (SSSR count). The Kier molecular flexibility index (Phi) is 5.59. The Morgan fingerprint density at radius 2 is 1.12 bits per heavy atom. The lowest BCUT2D eigenvalue weighted by atomic mass is 10.1. The molecule has 0 unspecified atom stereocenters. The molecule has 3 aromatic heterocycles. The van der Waals surface area contributed by atoms with E-state index >= 15 is 0 Å². The van der Waals surface area contributed by atoms with Crippen LogP contribution in [0.4, 0.5) is 10.3 Å². The Hall–Kier alpha value is -3.69. The molecule has 0 saturated carbocycles. The number of nitrogens with zero attached hydrogens (tertiary/aromatic N) is 3. The van der Waals surface area contributed by atoms with E-state index in [1.165, 1.54) is 22.7 Å². The third-order valence-electron chi connectivity index (χ3n) is 5.31. The van der Waals surface area contributed by atoms with Crippen LogP contribution in [0.5, 0.6) is 0 Å². The monoisotopic (exact) mass is 487 g/mol. The zero-order chi connectivity index (χ0) is 24.0. The third-order valence-corrected chi connectivity index (χ3v) is 7.15. The van der Waals surface area contributed by atoms with Crippen LogP contribution in [0.15, 0.2) is 42.5 Å². The molecular formula is C25H21N5O2S2. The zero-order valence-corrected chi connectivity index (χ0v) is 20.6. The van der Waals surface area contributed by atoms with Crippen molar-refractivity contribution in [1.29, 1.82) is 0 Å². The summed E-state index contributed by atoms with van der Waals surface area (Å²) in [4.78, 5) is 39.0. The second kappa shape index (κ2) is 8.58. The molecule has 170 valence electrons. The zero-order valence-electron chi connectivity index (χ0n) is 19.0. The van der Waals surface area contributed by atoms with Crippen LogP contribution in [0.3, 0.4) is 0 Å². The van der Waals surface area contributed by atoms with Crippen molar-refractivity contribution in [3.63, 3.8) is 0 Å². The van der Waals surface area contributed by atoms with E-state index in [0.717, 1.165) is 42.7 Å². The normalized spacial score (nSPS) is 11.2. The SMILES string of the molecule is Cc1cc(C)c2nc(NC(=O)c3cccc(C(=O)Nc4nc5c(C)cc(C)cc5s4)n3)sc2c1. The number of carbonyl (C=O) groups excluding carboxylic acids is 2. The first-order valence-corrected chi connectivity index (χ1v) is 12.3. The number of benzene rings is 2. The Morgan fingerprint density at radius 3 is 1.56 bits per heavy atom. The average molecular weight is 488 g/mol. The van der Waals surface area contributed by atoms with Crippen LogP contribution in [-0.4, -0.2) is 26.8 Å². The number of rotatable bonds is 4. The van der Waals surface area contributed by atoms with Crippen molar-refractivity contribution in [3.05, 3.63) is 76.1 Å². The highest BCUT2D eigenvalue weighted by Gasteiger charge is 2.17. The standard InChI is InChI=1S/C25H21N5O2S2/c1-12-8-14(3)20-18(10-12)33-24(27-20)29-22(31)16-6-5-7-17(26-16)23(32)30-25-28-21-15(4)9-13(2)11-19(21)34-25/h5-11H,1-4H3,(H,27,29,31)(H,28,30,32). The predicted octanol–water partition coefficient (Wildman–Crippen LogP) is 6.04. The van der Waals surface area contributed by atoms with Crippen molar-refractivity contribution in [2.45, 2.75) is 27.7 Å². The molecule has 0 aliphatic heterocycles. The Morgan fingerprint density at radius 1 is 0.676 bits per heavy atom. The maximum atomic E-state index is 12.8. The number of fused-ring (bicyclic) bond motifs is 2. The van der Waals surface area contributed by atoms with E-state index in [1.807, 2.05) is 39.8 Å². The second-order valence-corrected chi connectivity index (χ2v) is 10.3. The lowest BCUT2D eigenvalue weighted by Gasteiger charge is -2.04. The molecule has 0 atom stereocenters. The molecule has 0 bridgehead atoms. The van der Waals surface area contributed by atoms with Gasteiger partial charge in [0, 0.05) is 0 Å². The minimum atomic E-state index is -0.422. The van der Waals surface area contributed by atoms with Crippen molar-refractivity contribution in [2.24, 2.45) is 0 Å². The number of pyridine rings is 1. The van der Waals surface area contributed by atoms with Gasteiger partial charge in [-0.2, -0.15) is 0 Å². The summed E-state index contributed by atoms with van der Waals surface area (Å²) >= 11 is 2.82. The summed E-state index contributed by atoms with van der Waals surface area (Å²) in [7, 11) is 0. The molecule has 0 spiro atoms. The topological polar surface area (TPSA) is 96.9 Å². The largest absolute Gasteiger partial charge is 0.296 e. The minimum absolute atomic E-state index is 0.135. The van der Waals surface area contributed by atoms with Crippen molar-refractivity contribution in [1.82, 2.24) is 15.0 Å². The first-order chi connectivity index (χ1) is 16.3. The first kappa shape index (κ1) is 22.1. The Balaban J connectivity index is 1.35. The fourth-order valence-electron chi connectivity index (χ4n) is 3.86. The van der Waals surface area contributed by atoms with Crippen molar-refractivity contribution >= 4 is 65.2 Å². The summed E-state index contributed by atoms with van der Waals surface area (Å²) in [6, 6.07) is 13.0. The number of carbonyl (C=O) groups is 2. The second-order valence-electron chi connectivity index (χ2n) is 8.21. The van der Waals surface area contributed by atoms with E-state index in [2.05, 4.69) is 37.7 Å². The number of amides is 2. The quantitative estimate of drug-likeness (QED) is 0.322. The number of hydrogen-bond acceptors (Lipinski definition) is 7. The van der Waals surface area contributed by atoms with E-state index in [4.69, 9.17) is 0 Å². The number of hydrogen-bond donors (Lipinski definition) is 2. The maximum Gasteiger partial charge on any atom is 0.276 e. The number of thiazole rings is 2. The highest BCUT2D eigenvalue weighted by molar-refractivity contribution is 7.22. The van der Waals surface area contributed by atoms with E-state index in [1.54, 1.807) is 18.2 Å². The third kappa shape index (κ3) is 4.27. The van der Waals surface area contributed by atoms with Gasteiger partial charge < -0.3 is 0 Å². The number of aryl methyl sites for hydroxylation is 4. The van der Waals surface area contributed by atoms with E-state index in [-0.39, 0.29) is 11.4 Å². The predicted molar refractivity (Wildman–Crippen MR) is 138 cm³/mol. The molecule has 5 aromatic rings. The fraction of sp³-hybridized carbons (Fsp3) is 0.160. The van der Waals surface area contributed by atoms with E-state index < -0.39 is 11.8 Å². The van der Waals surface area contributed by atoms with Gasteiger partial charge in [0.25, 0.3) is 11.8 Å². The molecular weight excluding hydrogens is 466 g/mol. The van der Waals surface area contributed by atoms with Gasteiger partial charge in [-0.3, -0.25) is 20.2 Å². The van der Waals surface area contributed by atoms with Crippen LogP contribution in [0.2, 0.25) is 0 Å². The lowest BCUT2D eigenvalue weighted by molar-refractivity contribution is 0.101.